The quantitative estimate of drug-likeness (QED) is 0.181. The second-order valence-corrected chi connectivity index (χ2v) is 12.3. The number of carbonyl (C=O) groups is 1. The molecule has 2 N–H and O–H groups in total. The van der Waals surface area contributed by atoms with Crippen molar-refractivity contribution in [2.45, 2.75) is 57.8 Å². The summed E-state index contributed by atoms with van der Waals surface area (Å²) in [4.78, 5) is 26.9. The van der Waals surface area contributed by atoms with Crippen molar-refractivity contribution in [2.75, 3.05) is 26.6 Å². The van der Waals surface area contributed by atoms with E-state index < -0.39 is 0 Å². The van der Waals surface area contributed by atoms with Gasteiger partial charge in [0.25, 0.3) is 0 Å². The van der Waals surface area contributed by atoms with Crippen LogP contribution in [0.5, 0.6) is 11.5 Å². The van der Waals surface area contributed by atoms with Crippen molar-refractivity contribution < 1.29 is 14.3 Å². The number of ether oxygens (including phenoxy) is 2. The molecule has 3 aromatic heterocycles. The topological polar surface area (TPSA) is 124 Å². The number of amides is 1. The van der Waals surface area contributed by atoms with Gasteiger partial charge < -0.3 is 20.1 Å². The van der Waals surface area contributed by atoms with Crippen LogP contribution in [0.3, 0.4) is 0 Å². The van der Waals surface area contributed by atoms with Crippen molar-refractivity contribution in [2.24, 2.45) is 10.9 Å². The third kappa shape index (κ3) is 9.62. The third-order valence-corrected chi connectivity index (χ3v) is 9.15. The molecule has 1 amide bonds. The smallest absolute Gasteiger partial charge is 0.232 e. The first kappa shape index (κ1) is 32.2. The van der Waals surface area contributed by atoms with Crippen LogP contribution >= 0.6 is 23.1 Å². The van der Waals surface area contributed by atoms with Gasteiger partial charge in [0.15, 0.2) is 5.17 Å². The van der Waals surface area contributed by atoms with Gasteiger partial charge in [-0.05, 0) is 48.6 Å². The largest absolute Gasteiger partial charge is 0.497 e. The molecule has 12 heteroatoms. The average molecular weight is 622 g/mol. The van der Waals surface area contributed by atoms with Crippen molar-refractivity contribution in [1.29, 1.82) is 0 Å². The summed E-state index contributed by atoms with van der Waals surface area (Å²) >= 11 is 3.03. The van der Waals surface area contributed by atoms with E-state index in [4.69, 9.17) is 9.47 Å². The molecule has 4 rings (SSSR count). The zero-order chi connectivity index (χ0) is 30.6. The fourth-order valence-corrected chi connectivity index (χ4v) is 6.73. The number of anilines is 1. The SMILES string of the molecule is C=C(SC(=NC)N/C(=C/CC)Cc1cc(OC)ccn1)[C@H]1CCCC(c2nnc(NC(=O)Cc3cc(OC)ccn3)s2)C1. The highest BCUT2D eigenvalue weighted by Crippen LogP contribution is 2.43. The number of pyridine rings is 2. The van der Waals surface area contributed by atoms with Gasteiger partial charge >= 0.3 is 0 Å². The lowest BCUT2D eigenvalue weighted by atomic mass is 9.82. The molecule has 1 aliphatic carbocycles. The number of hydrogen-bond donors (Lipinski definition) is 2. The van der Waals surface area contributed by atoms with Gasteiger partial charge in [0.05, 0.1) is 26.3 Å². The highest BCUT2D eigenvalue weighted by atomic mass is 32.2. The zero-order valence-electron chi connectivity index (χ0n) is 25.1. The summed E-state index contributed by atoms with van der Waals surface area (Å²) in [5, 5.41) is 17.3. The molecule has 3 heterocycles. The predicted molar refractivity (Wildman–Crippen MR) is 174 cm³/mol. The Balaban J connectivity index is 1.31. The number of methoxy groups -OCH3 is 2. The summed E-state index contributed by atoms with van der Waals surface area (Å²) in [6.45, 7) is 6.55. The van der Waals surface area contributed by atoms with E-state index >= 15 is 0 Å². The molecule has 0 saturated heterocycles. The summed E-state index contributed by atoms with van der Waals surface area (Å²) in [5.74, 6) is 1.85. The molecule has 1 unspecified atom stereocenters. The Bertz CT molecular complexity index is 1460. The Morgan fingerprint density at radius 1 is 1.12 bits per heavy atom. The maximum Gasteiger partial charge on any atom is 0.232 e. The molecule has 0 spiro atoms. The van der Waals surface area contributed by atoms with Crippen LogP contribution < -0.4 is 20.1 Å². The van der Waals surface area contributed by atoms with E-state index in [1.165, 1.54) is 11.3 Å². The molecular formula is C31H39N7O3S2. The van der Waals surface area contributed by atoms with Gasteiger partial charge in [-0.25, -0.2) is 0 Å². The fourth-order valence-electron chi connectivity index (χ4n) is 4.92. The normalized spacial score (nSPS) is 17.3. The summed E-state index contributed by atoms with van der Waals surface area (Å²) in [6.07, 6.45) is 11.3. The van der Waals surface area contributed by atoms with Crippen LogP contribution in [0.25, 0.3) is 0 Å². The van der Waals surface area contributed by atoms with Crippen LogP contribution in [0.2, 0.25) is 0 Å². The van der Waals surface area contributed by atoms with Gasteiger partial charge in [0.2, 0.25) is 11.0 Å². The average Bonchev–Trinajstić information content (AvgIpc) is 3.49. The van der Waals surface area contributed by atoms with Gasteiger partial charge in [-0.2, -0.15) is 0 Å². The zero-order valence-corrected chi connectivity index (χ0v) is 26.8. The predicted octanol–water partition coefficient (Wildman–Crippen LogP) is 6.16. The minimum atomic E-state index is -0.188. The number of nitrogens with one attached hydrogen (secondary N) is 2. The van der Waals surface area contributed by atoms with Gasteiger partial charge in [-0.3, -0.25) is 19.8 Å². The van der Waals surface area contributed by atoms with Crippen LogP contribution in [0.15, 0.2) is 64.9 Å². The van der Waals surface area contributed by atoms with Gasteiger partial charge in [-0.15, -0.1) is 10.2 Å². The first-order valence-corrected chi connectivity index (χ1v) is 15.9. The molecule has 0 radical (unpaired) electrons. The van der Waals surface area contributed by atoms with E-state index in [-0.39, 0.29) is 18.2 Å². The highest BCUT2D eigenvalue weighted by Gasteiger charge is 2.28. The number of hydrogen-bond acceptors (Lipinski definition) is 10. The molecule has 0 aliphatic heterocycles. The molecule has 43 heavy (non-hydrogen) atoms. The van der Waals surface area contributed by atoms with Crippen LogP contribution in [0, 0.1) is 5.92 Å². The molecule has 1 saturated carbocycles. The molecule has 3 aromatic rings. The van der Waals surface area contributed by atoms with Gasteiger partial charge in [0.1, 0.15) is 16.5 Å². The third-order valence-electron chi connectivity index (χ3n) is 7.08. The van der Waals surface area contributed by atoms with E-state index in [0.717, 1.165) is 64.3 Å². The fraction of sp³-hybridized carbons (Fsp3) is 0.419. The van der Waals surface area contributed by atoms with E-state index in [2.05, 4.69) is 55.4 Å². The maximum absolute atomic E-state index is 12.6. The summed E-state index contributed by atoms with van der Waals surface area (Å²) in [7, 11) is 5.04. The van der Waals surface area contributed by atoms with Gasteiger partial charge in [0, 0.05) is 55.3 Å². The van der Waals surface area contributed by atoms with Crippen LogP contribution in [-0.4, -0.2) is 52.5 Å². The second-order valence-electron chi connectivity index (χ2n) is 10.1. The van der Waals surface area contributed by atoms with Crippen molar-refractivity contribution in [1.82, 2.24) is 25.5 Å². The van der Waals surface area contributed by atoms with Crippen LogP contribution in [0.4, 0.5) is 5.13 Å². The summed E-state index contributed by atoms with van der Waals surface area (Å²) in [6, 6.07) is 7.29. The van der Waals surface area contributed by atoms with Gasteiger partial charge in [-0.1, -0.05) is 49.1 Å². The maximum atomic E-state index is 12.6. The molecule has 10 nitrogen and oxygen atoms in total. The summed E-state index contributed by atoms with van der Waals surface area (Å²) < 4.78 is 10.6. The van der Waals surface area contributed by atoms with Crippen molar-refractivity contribution in [3.8, 4) is 11.5 Å². The number of nitrogens with zero attached hydrogens (tertiary/aromatic N) is 5. The van der Waals surface area contributed by atoms with Crippen LogP contribution in [0.1, 0.15) is 61.3 Å². The number of carbonyl (C=O) groups excluding carboxylic acids is 1. The standard InChI is InChI=1S/C31H39N7O3S2/c1-6-8-23(16-24-17-26(40-4)11-13-33-24)35-30(32-3)42-20(2)21-9-7-10-22(15-21)29-37-38-31(43-29)36-28(39)19-25-18-27(41-5)12-14-34-25/h8,11-14,17-18,21-22H,2,6-7,9-10,15-16,19H2,1,3-5H3,(H,32,35)(H,36,38,39)/b23-8+/t21-,22?/m0/s1. The number of aliphatic imine (C=N–C) groups is 1. The Hall–Kier alpha value is -3.77. The van der Waals surface area contributed by atoms with Crippen LogP contribution in [-0.2, 0) is 17.6 Å². The lowest BCUT2D eigenvalue weighted by Crippen LogP contribution is -2.23. The number of allylic oxidation sites excluding steroid dienone is 3. The lowest BCUT2D eigenvalue weighted by Gasteiger charge is -2.29. The second kappa shape index (κ2) is 16.2. The van der Waals surface area contributed by atoms with E-state index in [1.54, 1.807) is 57.6 Å². The molecule has 1 aliphatic rings. The molecule has 0 bridgehead atoms. The molecule has 228 valence electrons. The number of rotatable bonds is 12. The lowest BCUT2D eigenvalue weighted by molar-refractivity contribution is -0.115. The Labute approximate surface area is 261 Å². The minimum Gasteiger partial charge on any atom is -0.497 e. The molecule has 0 aromatic carbocycles. The van der Waals surface area contributed by atoms with Crippen molar-refractivity contribution >= 4 is 39.3 Å². The minimum absolute atomic E-state index is 0.134. The summed E-state index contributed by atoms with van der Waals surface area (Å²) in [5.41, 5.74) is 2.59. The molecule has 2 atom stereocenters. The Morgan fingerprint density at radius 2 is 1.81 bits per heavy atom. The van der Waals surface area contributed by atoms with E-state index in [9.17, 15) is 4.79 Å². The number of aromatic nitrogens is 4. The van der Waals surface area contributed by atoms with Crippen molar-refractivity contribution in [3.63, 3.8) is 0 Å². The Morgan fingerprint density at radius 3 is 2.47 bits per heavy atom. The van der Waals surface area contributed by atoms with Crippen molar-refractivity contribution in [3.05, 3.63) is 76.3 Å². The monoisotopic (exact) mass is 621 g/mol. The van der Waals surface area contributed by atoms with E-state index in [1.807, 2.05) is 12.1 Å². The highest BCUT2D eigenvalue weighted by molar-refractivity contribution is 8.17. The molecular weight excluding hydrogens is 583 g/mol. The first-order chi connectivity index (χ1) is 20.9. The number of thioether (sulfide) groups is 1. The first-order valence-electron chi connectivity index (χ1n) is 14.3. The molecule has 1 fully saturated rings. The van der Waals surface area contributed by atoms with E-state index in [0.29, 0.717) is 28.9 Å². The Kier molecular flexibility index (Phi) is 12.1. The number of amidine groups is 1.